The molecule has 0 atom stereocenters. The maximum absolute atomic E-state index is 6.50. The summed E-state index contributed by atoms with van der Waals surface area (Å²) in [7, 11) is 2.23. The molecule has 0 amide bonds. The molecule has 3 aliphatic rings. The van der Waals surface area contributed by atoms with Crippen LogP contribution < -0.4 is 15.1 Å². The summed E-state index contributed by atoms with van der Waals surface area (Å²) in [6, 6.07) is 11.6. The number of nitrogens with zero attached hydrogens (tertiary/aromatic N) is 6. The standard InChI is InChI=1S/C27H34ClN7S/c1-32-13-15-34(16-14-32)23-6-10-33(11-7-23)22-4-2-21(3-5-22)30-27-29-18-24(28)26(31-27)35-12-8-25-20(19-35)9-17-36-25/h2-5,9,17-18,23H,6-8,10-16,19H2,1H3,(H,29,30,31). The Kier molecular flexibility index (Phi) is 7.02. The van der Waals surface area contributed by atoms with Gasteiger partial charge in [-0.15, -0.1) is 11.3 Å². The Morgan fingerprint density at radius 3 is 2.50 bits per heavy atom. The predicted molar refractivity (Wildman–Crippen MR) is 150 cm³/mol. The van der Waals surface area contributed by atoms with Gasteiger partial charge in [0.25, 0.3) is 0 Å². The van der Waals surface area contributed by atoms with E-state index in [4.69, 9.17) is 16.6 Å². The number of benzene rings is 1. The summed E-state index contributed by atoms with van der Waals surface area (Å²) < 4.78 is 0. The van der Waals surface area contributed by atoms with Gasteiger partial charge in [-0.05, 0) is 67.6 Å². The Bertz CT molecular complexity index is 1170. The Hall–Kier alpha value is -2.39. The van der Waals surface area contributed by atoms with E-state index in [1.54, 1.807) is 6.20 Å². The molecule has 3 aliphatic heterocycles. The van der Waals surface area contributed by atoms with Crippen molar-refractivity contribution in [3.05, 3.63) is 57.4 Å². The number of nitrogens with one attached hydrogen (secondary N) is 1. The van der Waals surface area contributed by atoms with Crippen molar-refractivity contribution >= 4 is 46.1 Å². The topological polar surface area (TPSA) is 50.8 Å². The average molecular weight is 524 g/mol. The van der Waals surface area contributed by atoms with E-state index in [1.807, 2.05) is 11.3 Å². The number of hydrogen-bond acceptors (Lipinski definition) is 8. The van der Waals surface area contributed by atoms with E-state index in [0.717, 1.165) is 50.1 Å². The summed E-state index contributed by atoms with van der Waals surface area (Å²) in [5.74, 6) is 1.37. The molecule has 2 aromatic heterocycles. The van der Waals surface area contributed by atoms with Gasteiger partial charge >= 0.3 is 0 Å². The van der Waals surface area contributed by atoms with Crippen LogP contribution in [0.4, 0.5) is 23.1 Å². The van der Waals surface area contributed by atoms with Gasteiger partial charge in [0.05, 0.1) is 6.20 Å². The van der Waals surface area contributed by atoms with Crippen LogP contribution in [0, 0.1) is 0 Å². The molecule has 0 spiro atoms. The molecule has 3 aromatic rings. The van der Waals surface area contributed by atoms with Crippen molar-refractivity contribution in [1.82, 2.24) is 19.8 Å². The summed E-state index contributed by atoms with van der Waals surface area (Å²) in [6.07, 6.45) is 5.22. The third-order valence-electron chi connectivity index (χ3n) is 7.84. The molecule has 1 N–H and O–H groups in total. The highest BCUT2D eigenvalue weighted by Crippen LogP contribution is 2.32. The third kappa shape index (κ3) is 5.18. The normalized spacial score (nSPS) is 19.9. The van der Waals surface area contributed by atoms with Crippen LogP contribution in [0.25, 0.3) is 0 Å². The molecular weight excluding hydrogens is 490 g/mol. The van der Waals surface area contributed by atoms with Gasteiger partial charge in [0, 0.05) is 74.7 Å². The molecular formula is C27H34ClN7S. The molecule has 7 nitrogen and oxygen atoms in total. The second kappa shape index (κ2) is 10.5. The van der Waals surface area contributed by atoms with Gasteiger partial charge < -0.3 is 20.0 Å². The van der Waals surface area contributed by atoms with Crippen molar-refractivity contribution in [2.45, 2.75) is 31.8 Å². The summed E-state index contributed by atoms with van der Waals surface area (Å²) >= 11 is 8.34. The molecule has 0 saturated carbocycles. The minimum atomic E-state index is 0.575. The first-order valence-electron chi connectivity index (χ1n) is 13.0. The molecule has 190 valence electrons. The zero-order valence-electron chi connectivity index (χ0n) is 20.9. The Morgan fingerprint density at radius 1 is 0.944 bits per heavy atom. The van der Waals surface area contributed by atoms with E-state index >= 15 is 0 Å². The number of thiophene rings is 1. The van der Waals surface area contributed by atoms with E-state index < -0.39 is 0 Å². The quantitative estimate of drug-likeness (QED) is 0.519. The van der Waals surface area contributed by atoms with Crippen LogP contribution in [-0.4, -0.2) is 78.7 Å². The Balaban J connectivity index is 1.06. The van der Waals surface area contributed by atoms with E-state index in [-0.39, 0.29) is 0 Å². The lowest BCUT2D eigenvalue weighted by molar-refractivity contribution is 0.0982. The number of rotatable bonds is 5. The fourth-order valence-corrected chi connectivity index (χ4v) is 6.73. The van der Waals surface area contributed by atoms with Crippen molar-refractivity contribution in [2.75, 3.05) is 68.0 Å². The molecule has 0 radical (unpaired) electrons. The number of aromatic nitrogens is 2. The number of anilines is 4. The highest BCUT2D eigenvalue weighted by atomic mass is 35.5. The Morgan fingerprint density at radius 2 is 1.72 bits per heavy atom. The minimum Gasteiger partial charge on any atom is -0.371 e. The molecule has 0 aliphatic carbocycles. The van der Waals surface area contributed by atoms with Crippen molar-refractivity contribution < 1.29 is 0 Å². The van der Waals surface area contributed by atoms with Gasteiger partial charge in [-0.3, -0.25) is 4.90 Å². The molecule has 5 heterocycles. The number of likely N-dealkylation sites (N-methyl/N-ethyl adjacent to an activating group) is 1. The van der Waals surface area contributed by atoms with Gasteiger partial charge in [-0.25, -0.2) is 4.98 Å². The van der Waals surface area contributed by atoms with Gasteiger partial charge in [0.1, 0.15) is 5.02 Å². The lowest BCUT2D eigenvalue weighted by Crippen LogP contribution is -2.52. The molecule has 0 unspecified atom stereocenters. The first kappa shape index (κ1) is 24.0. The zero-order chi connectivity index (χ0) is 24.5. The lowest BCUT2D eigenvalue weighted by atomic mass is 10.0. The lowest BCUT2D eigenvalue weighted by Gasteiger charge is -2.42. The van der Waals surface area contributed by atoms with Crippen LogP contribution in [0.1, 0.15) is 23.3 Å². The monoisotopic (exact) mass is 523 g/mol. The fourth-order valence-electron chi connectivity index (χ4n) is 5.63. The van der Waals surface area contributed by atoms with E-state index in [0.29, 0.717) is 11.0 Å². The van der Waals surface area contributed by atoms with Crippen molar-refractivity contribution in [3.8, 4) is 0 Å². The van der Waals surface area contributed by atoms with Crippen molar-refractivity contribution in [2.24, 2.45) is 0 Å². The van der Waals surface area contributed by atoms with Gasteiger partial charge in [-0.1, -0.05) is 11.6 Å². The molecule has 2 fully saturated rings. The summed E-state index contributed by atoms with van der Waals surface area (Å²) in [5.41, 5.74) is 3.65. The van der Waals surface area contributed by atoms with Crippen LogP contribution in [0.2, 0.25) is 5.02 Å². The van der Waals surface area contributed by atoms with Gasteiger partial charge in [0.15, 0.2) is 5.82 Å². The molecule has 1 aromatic carbocycles. The average Bonchev–Trinajstić information content (AvgIpc) is 3.39. The van der Waals surface area contributed by atoms with Crippen LogP contribution >= 0.6 is 22.9 Å². The van der Waals surface area contributed by atoms with Crippen LogP contribution in [0.15, 0.2) is 41.9 Å². The third-order valence-corrected chi connectivity index (χ3v) is 9.13. The SMILES string of the molecule is CN1CCN(C2CCN(c3ccc(Nc4ncc(Cl)c(N5CCc6sccc6C5)n4)cc3)CC2)CC1. The van der Waals surface area contributed by atoms with Gasteiger partial charge in [0.2, 0.25) is 5.95 Å². The fraction of sp³-hybridized carbons (Fsp3) is 0.481. The summed E-state index contributed by atoms with van der Waals surface area (Å²) in [5, 5.41) is 6.13. The van der Waals surface area contributed by atoms with E-state index in [2.05, 4.69) is 72.7 Å². The van der Waals surface area contributed by atoms with Crippen LogP contribution in [0.3, 0.4) is 0 Å². The maximum atomic E-state index is 6.50. The van der Waals surface area contributed by atoms with E-state index in [1.165, 1.54) is 55.1 Å². The van der Waals surface area contributed by atoms with E-state index in [9.17, 15) is 0 Å². The molecule has 6 rings (SSSR count). The molecule has 2 saturated heterocycles. The van der Waals surface area contributed by atoms with Crippen molar-refractivity contribution in [3.63, 3.8) is 0 Å². The van der Waals surface area contributed by atoms with Crippen molar-refractivity contribution in [1.29, 1.82) is 0 Å². The first-order valence-corrected chi connectivity index (χ1v) is 14.3. The van der Waals surface area contributed by atoms with Gasteiger partial charge in [-0.2, -0.15) is 4.98 Å². The zero-order valence-corrected chi connectivity index (χ0v) is 22.4. The van der Waals surface area contributed by atoms with Crippen LogP contribution in [-0.2, 0) is 13.0 Å². The molecule has 36 heavy (non-hydrogen) atoms. The number of fused-ring (bicyclic) bond motifs is 1. The second-order valence-electron chi connectivity index (χ2n) is 10.1. The highest BCUT2D eigenvalue weighted by molar-refractivity contribution is 7.10. The van der Waals surface area contributed by atoms with Crippen LogP contribution in [0.5, 0.6) is 0 Å². The number of piperazine rings is 1. The maximum Gasteiger partial charge on any atom is 0.229 e. The predicted octanol–water partition coefficient (Wildman–Crippen LogP) is 4.71. The molecule has 9 heteroatoms. The molecule has 0 bridgehead atoms. The highest BCUT2D eigenvalue weighted by Gasteiger charge is 2.27. The summed E-state index contributed by atoms with van der Waals surface area (Å²) in [4.78, 5) is 20.6. The summed E-state index contributed by atoms with van der Waals surface area (Å²) in [6.45, 7) is 8.82. The largest absolute Gasteiger partial charge is 0.371 e. The second-order valence-corrected chi connectivity index (χ2v) is 11.5. The smallest absolute Gasteiger partial charge is 0.229 e. The number of halogens is 1. The Labute approximate surface area is 222 Å². The number of piperidine rings is 1. The first-order chi connectivity index (χ1) is 17.6. The number of hydrogen-bond donors (Lipinski definition) is 1. The minimum absolute atomic E-state index is 0.575.